The minimum atomic E-state index is -0.267. The number of hydrogen-bond acceptors (Lipinski definition) is 4. The highest BCUT2D eigenvalue weighted by atomic mass is 16.2. The van der Waals surface area contributed by atoms with Crippen molar-refractivity contribution in [3.63, 3.8) is 0 Å². The number of nitrogens with zero attached hydrogens (tertiary/aromatic N) is 4. The van der Waals surface area contributed by atoms with Gasteiger partial charge < -0.3 is 10.6 Å². The average molecular weight is 387 g/mol. The Balaban J connectivity index is 1.62. The summed E-state index contributed by atoms with van der Waals surface area (Å²) in [6.45, 7) is 7.19. The number of anilines is 1. The molecular formula is C20H30N6O2. The summed E-state index contributed by atoms with van der Waals surface area (Å²) in [4.78, 5) is 25.0. The van der Waals surface area contributed by atoms with Gasteiger partial charge in [0.15, 0.2) is 5.69 Å². The van der Waals surface area contributed by atoms with E-state index in [1.807, 2.05) is 25.5 Å². The van der Waals surface area contributed by atoms with Crippen LogP contribution in [0.15, 0.2) is 6.07 Å². The first-order valence-corrected chi connectivity index (χ1v) is 10.1. The predicted molar refractivity (Wildman–Crippen MR) is 107 cm³/mol. The monoisotopic (exact) mass is 386 g/mol. The molecule has 152 valence electrons. The molecule has 2 heterocycles. The van der Waals surface area contributed by atoms with Crippen LogP contribution in [0.2, 0.25) is 0 Å². The lowest BCUT2D eigenvalue weighted by atomic mass is 9.89. The minimum Gasteiger partial charge on any atom is -0.346 e. The van der Waals surface area contributed by atoms with Crippen molar-refractivity contribution < 1.29 is 9.59 Å². The second-order valence-electron chi connectivity index (χ2n) is 7.51. The minimum absolute atomic E-state index is 0.0212. The Labute approximate surface area is 165 Å². The molecule has 0 radical (unpaired) electrons. The Kier molecular flexibility index (Phi) is 6.16. The molecule has 1 aliphatic carbocycles. The van der Waals surface area contributed by atoms with Gasteiger partial charge in [0.2, 0.25) is 5.91 Å². The zero-order valence-corrected chi connectivity index (χ0v) is 17.2. The Morgan fingerprint density at radius 2 is 1.89 bits per heavy atom. The van der Waals surface area contributed by atoms with Gasteiger partial charge in [-0.3, -0.25) is 19.0 Å². The van der Waals surface area contributed by atoms with Gasteiger partial charge in [0.05, 0.1) is 5.69 Å². The number of carbonyl (C=O) groups is 2. The Hall–Kier alpha value is -2.64. The SMILES string of the molecule is CCn1nc(C)c(CNC(=O)c2cc(NC(=O)C3CCCCC3)n(C)n2)c1C. The summed E-state index contributed by atoms with van der Waals surface area (Å²) in [5, 5.41) is 14.6. The number of nitrogens with one attached hydrogen (secondary N) is 2. The second kappa shape index (κ2) is 8.58. The topological polar surface area (TPSA) is 93.8 Å². The van der Waals surface area contributed by atoms with Crippen molar-refractivity contribution >= 4 is 17.6 Å². The van der Waals surface area contributed by atoms with Crippen LogP contribution in [-0.2, 0) is 24.9 Å². The van der Waals surface area contributed by atoms with Crippen molar-refractivity contribution in [3.8, 4) is 0 Å². The molecular weight excluding hydrogens is 356 g/mol. The summed E-state index contributed by atoms with van der Waals surface area (Å²) >= 11 is 0. The third-order valence-corrected chi connectivity index (χ3v) is 5.60. The van der Waals surface area contributed by atoms with Crippen molar-refractivity contribution in [2.45, 2.75) is 66.0 Å². The largest absolute Gasteiger partial charge is 0.346 e. The maximum absolute atomic E-state index is 12.5. The number of aryl methyl sites for hydroxylation is 3. The van der Waals surface area contributed by atoms with Gasteiger partial charge in [0.1, 0.15) is 5.82 Å². The van der Waals surface area contributed by atoms with E-state index in [1.165, 1.54) is 6.42 Å². The van der Waals surface area contributed by atoms with Crippen molar-refractivity contribution in [2.75, 3.05) is 5.32 Å². The van der Waals surface area contributed by atoms with Crippen LogP contribution in [0.25, 0.3) is 0 Å². The normalized spacial score (nSPS) is 14.9. The van der Waals surface area contributed by atoms with Gasteiger partial charge in [-0.05, 0) is 33.6 Å². The molecule has 2 aromatic rings. The van der Waals surface area contributed by atoms with Crippen LogP contribution in [0.5, 0.6) is 0 Å². The fourth-order valence-corrected chi connectivity index (χ4v) is 3.85. The highest BCUT2D eigenvalue weighted by Crippen LogP contribution is 2.25. The molecule has 2 amide bonds. The van der Waals surface area contributed by atoms with Crippen LogP contribution >= 0.6 is 0 Å². The first kappa shape index (κ1) is 20.1. The highest BCUT2D eigenvalue weighted by molar-refractivity contribution is 5.96. The number of hydrogen-bond donors (Lipinski definition) is 2. The van der Waals surface area contributed by atoms with E-state index in [4.69, 9.17) is 0 Å². The van der Waals surface area contributed by atoms with Crippen LogP contribution in [0.1, 0.15) is 66.5 Å². The molecule has 0 unspecified atom stereocenters. The average Bonchev–Trinajstić information content (AvgIpc) is 3.19. The van der Waals surface area contributed by atoms with E-state index in [2.05, 4.69) is 20.8 Å². The van der Waals surface area contributed by atoms with Crippen LogP contribution in [0.4, 0.5) is 5.82 Å². The molecule has 0 aliphatic heterocycles. The van der Waals surface area contributed by atoms with Gasteiger partial charge in [-0.1, -0.05) is 19.3 Å². The number of rotatable bonds is 6. The van der Waals surface area contributed by atoms with Gasteiger partial charge in [-0.15, -0.1) is 0 Å². The van der Waals surface area contributed by atoms with Crippen LogP contribution < -0.4 is 10.6 Å². The van der Waals surface area contributed by atoms with Crippen molar-refractivity contribution in [3.05, 3.63) is 28.7 Å². The van der Waals surface area contributed by atoms with Crippen LogP contribution in [0, 0.1) is 19.8 Å². The summed E-state index contributed by atoms with van der Waals surface area (Å²) in [6, 6.07) is 1.63. The summed E-state index contributed by atoms with van der Waals surface area (Å²) in [6.07, 6.45) is 5.27. The molecule has 0 atom stereocenters. The lowest BCUT2D eigenvalue weighted by Crippen LogP contribution is -2.25. The van der Waals surface area contributed by atoms with Gasteiger partial charge in [-0.25, -0.2) is 0 Å². The maximum Gasteiger partial charge on any atom is 0.272 e. The van der Waals surface area contributed by atoms with E-state index in [1.54, 1.807) is 17.8 Å². The zero-order chi connectivity index (χ0) is 20.3. The lowest BCUT2D eigenvalue weighted by Gasteiger charge is -2.20. The fraction of sp³-hybridized carbons (Fsp3) is 0.600. The quantitative estimate of drug-likeness (QED) is 0.798. The van der Waals surface area contributed by atoms with Crippen molar-refractivity contribution in [1.82, 2.24) is 24.9 Å². The Morgan fingerprint density at radius 1 is 1.18 bits per heavy atom. The second-order valence-corrected chi connectivity index (χ2v) is 7.51. The van der Waals surface area contributed by atoms with Gasteiger partial charge in [-0.2, -0.15) is 10.2 Å². The molecule has 1 fully saturated rings. The number of aromatic nitrogens is 4. The summed E-state index contributed by atoms with van der Waals surface area (Å²) in [5.41, 5.74) is 3.29. The first-order valence-electron chi connectivity index (χ1n) is 10.1. The van der Waals surface area contributed by atoms with Gasteiger partial charge in [0, 0.05) is 43.4 Å². The van der Waals surface area contributed by atoms with Gasteiger partial charge in [0.25, 0.3) is 5.91 Å². The third-order valence-electron chi connectivity index (χ3n) is 5.60. The van der Waals surface area contributed by atoms with Crippen LogP contribution in [-0.4, -0.2) is 31.4 Å². The highest BCUT2D eigenvalue weighted by Gasteiger charge is 2.23. The van der Waals surface area contributed by atoms with E-state index in [9.17, 15) is 9.59 Å². The summed E-state index contributed by atoms with van der Waals surface area (Å²) in [7, 11) is 1.73. The van der Waals surface area contributed by atoms with E-state index in [-0.39, 0.29) is 17.7 Å². The molecule has 8 nitrogen and oxygen atoms in total. The number of amides is 2. The van der Waals surface area contributed by atoms with Gasteiger partial charge >= 0.3 is 0 Å². The maximum atomic E-state index is 12.5. The molecule has 2 N–H and O–H groups in total. The van der Waals surface area contributed by atoms with E-state index >= 15 is 0 Å². The zero-order valence-electron chi connectivity index (χ0n) is 17.2. The molecule has 28 heavy (non-hydrogen) atoms. The van der Waals surface area contributed by atoms with Crippen LogP contribution in [0.3, 0.4) is 0 Å². The standard InChI is InChI=1S/C20H30N6O2/c1-5-26-14(3)16(13(2)23-26)12-21-20(28)17-11-18(25(4)24-17)22-19(27)15-9-7-6-8-10-15/h11,15H,5-10,12H2,1-4H3,(H,21,28)(H,22,27). The predicted octanol–water partition coefficient (Wildman–Crippen LogP) is 2.70. The molecule has 3 rings (SSSR count). The molecule has 1 saturated carbocycles. The molecule has 0 aromatic carbocycles. The smallest absolute Gasteiger partial charge is 0.272 e. The van der Waals surface area contributed by atoms with Crippen molar-refractivity contribution in [1.29, 1.82) is 0 Å². The summed E-state index contributed by atoms with van der Waals surface area (Å²) in [5.74, 6) is 0.360. The lowest BCUT2D eigenvalue weighted by molar-refractivity contribution is -0.120. The van der Waals surface area contributed by atoms with E-state index < -0.39 is 0 Å². The molecule has 0 saturated heterocycles. The first-order chi connectivity index (χ1) is 13.4. The third kappa shape index (κ3) is 4.26. The van der Waals surface area contributed by atoms with Crippen molar-refractivity contribution in [2.24, 2.45) is 13.0 Å². The molecule has 1 aliphatic rings. The van der Waals surface area contributed by atoms with E-state index in [0.29, 0.717) is 18.1 Å². The Bertz CT molecular complexity index is 860. The summed E-state index contributed by atoms with van der Waals surface area (Å²) < 4.78 is 3.47. The van der Waals surface area contributed by atoms with E-state index in [0.717, 1.165) is 49.2 Å². The molecule has 2 aromatic heterocycles. The number of carbonyl (C=O) groups excluding carboxylic acids is 2. The fourth-order valence-electron chi connectivity index (χ4n) is 3.85. The Morgan fingerprint density at radius 3 is 2.54 bits per heavy atom. The molecule has 0 bridgehead atoms. The molecule has 8 heteroatoms. The molecule has 0 spiro atoms.